The van der Waals surface area contributed by atoms with Crippen LogP contribution < -0.4 is 14.7 Å². The van der Waals surface area contributed by atoms with Crippen LogP contribution in [0.5, 0.6) is 0 Å². The molecule has 1 aliphatic rings. The lowest BCUT2D eigenvalue weighted by Gasteiger charge is -2.37. The maximum Gasteiger partial charge on any atom is 0.160 e. The highest BCUT2D eigenvalue weighted by Gasteiger charge is 2.51. The molecule has 7 heteroatoms. The van der Waals surface area contributed by atoms with E-state index in [0.717, 1.165) is 195 Å². The molecule has 19 rings (SSSR count). The van der Waals surface area contributed by atoms with Gasteiger partial charge in [-0.2, -0.15) is 0 Å². The molecule has 0 saturated carbocycles. The van der Waals surface area contributed by atoms with Gasteiger partial charge in [-0.25, -0.2) is 0 Å². The number of anilines is 9. The van der Waals surface area contributed by atoms with Gasteiger partial charge in [-0.15, -0.1) is 0 Å². The monoisotopic (exact) mass is 1400 g/mol. The molecule has 108 heavy (non-hydrogen) atoms. The molecule has 0 spiro atoms. The van der Waals surface area contributed by atoms with Gasteiger partial charge in [-0.3, -0.25) is 0 Å². The molecule has 1 atom stereocenters. The third-order valence-electron chi connectivity index (χ3n) is 22.9. The van der Waals surface area contributed by atoms with E-state index in [1.165, 1.54) is 16.7 Å². The molecule has 0 amide bonds. The Labute approximate surface area is 630 Å². The number of hydrogen-bond donors (Lipinski definition) is 0. The first-order valence-electron chi connectivity index (χ1n) is 37.9. The lowest BCUT2D eigenvalue weighted by molar-refractivity contribution is 0.589. The first kappa shape index (κ1) is 66.4. The van der Waals surface area contributed by atoms with Crippen LogP contribution in [0.2, 0.25) is 0 Å². The summed E-state index contributed by atoms with van der Waals surface area (Å²) in [5, 5.41) is 8.13. The van der Waals surface area contributed by atoms with Crippen LogP contribution in [0.1, 0.15) is 124 Å². The number of aryl methyl sites for hydroxylation is 4. The van der Waals surface area contributed by atoms with Gasteiger partial charge in [-0.05, 0) is 202 Å². The third-order valence-corrected chi connectivity index (χ3v) is 22.9. The molecule has 0 saturated heterocycles. The van der Waals surface area contributed by atoms with Crippen molar-refractivity contribution in [2.24, 2.45) is 0 Å². The second-order valence-corrected chi connectivity index (χ2v) is 33.1. The Morgan fingerprint density at radius 3 is 1.10 bits per heavy atom. The molecule has 528 valence electrons. The molecule has 0 fully saturated rings. The Kier molecular flexibility index (Phi) is 15.0. The van der Waals surface area contributed by atoms with Crippen molar-refractivity contribution in [2.45, 2.75) is 112 Å². The predicted octanol–water partition coefficient (Wildman–Crippen LogP) is 29.2. The summed E-state index contributed by atoms with van der Waals surface area (Å²) in [6.07, 6.45) is 0. The number of furan rings is 4. The lowest BCUT2D eigenvalue weighted by Crippen LogP contribution is -2.29. The van der Waals surface area contributed by atoms with E-state index in [2.05, 4.69) is 384 Å². The van der Waals surface area contributed by atoms with Gasteiger partial charge in [0.1, 0.15) is 27.9 Å². The summed E-state index contributed by atoms with van der Waals surface area (Å²) in [4.78, 5) is 7.27. The summed E-state index contributed by atoms with van der Waals surface area (Å²) < 4.78 is 30.1. The zero-order valence-corrected chi connectivity index (χ0v) is 63.5. The number of benzene rings is 14. The molecular formula is C101H85N3O4. The molecule has 4 heterocycles. The second-order valence-electron chi connectivity index (χ2n) is 33.1. The number of hydrogen-bond acceptors (Lipinski definition) is 7. The molecule has 0 bridgehead atoms. The van der Waals surface area contributed by atoms with E-state index < -0.39 is 5.41 Å². The summed E-state index contributed by atoms with van der Waals surface area (Å²) in [6, 6.07) is 103. The first-order chi connectivity index (χ1) is 52.1. The van der Waals surface area contributed by atoms with Crippen molar-refractivity contribution in [2.75, 3.05) is 14.7 Å². The quantitative estimate of drug-likeness (QED) is 0.128. The van der Waals surface area contributed by atoms with Crippen LogP contribution in [0.3, 0.4) is 0 Å². The fourth-order valence-electron chi connectivity index (χ4n) is 17.5. The average Bonchev–Trinajstić information content (AvgIpc) is 1.50. The van der Waals surface area contributed by atoms with E-state index in [4.69, 9.17) is 17.7 Å². The minimum atomic E-state index is -1.14. The van der Waals surface area contributed by atoms with Gasteiger partial charge >= 0.3 is 0 Å². The fourth-order valence-corrected chi connectivity index (χ4v) is 17.5. The van der Waals surface area contributed by atoms with E-state index in [-0.39, 0.29) is 16.2 Å². The average molecular weight is 1400 g/mol. The minimum absolute atomic E-state index is 0.0391. The molecule has 18 aromatic rings. The smallest absolute Gasteiger partial charge is 0.160 e. The Balaban J connectivity index is 0.996. The summed E-state index contributed by atoms with van der Waals surface area (Å²) in [6.45, 7) is 29.2. The molecular weight excluding hydrogens is 1320 g/mol. The highest BCUT2D eigenvalue weighted by atomic mass is 16.3. The number of para-hydroxylation sites is 6. The summed E-state index contributed by atoms with van der Waals surface area (Å²) in [5.41, 5.74) is 28.1. The number of fused-ring (bicyclic) bond motifs is 17. The van der Waals surface area contributed by atoms with Gasteiger partial charge in [-0.1, -0.05) is 244 Å². The molecule has 14 aromatic carbocycles. The second kappa shape index (κ2) is 24.4. The van der Waals surface area contributed by atoms with Crippen LogP contribution in [-0.4, -0.2) is 0 Å². The van der Waals surface area contributed by atoms with Crippen molar-refractivity contribution in [1.82, 2.24) is 0 Å². The Morgan fingerprint density at radius 1 is 0.259 bits per heavy atom. The van der Waals surface area contributed by atoms with Crippen molar-refractivity contribution in [3.63, 3.8) is 0 Å². The number of nitrogens with zero attached hydrogens (tertiary/aromatic N) is 3. The van der Waals surface area contributed by atoms with E-state index in [0.29, 0.717) is 0 Å². The zero-order valence-electron chi connectivity index (χ0n) is 63.5. The van der Waals surface area contributed by atoms with Crippen LogP contribution in [0.15, 0.2) is 297 Å². The van der Waals surface area contributed by atoms with Crippen molar-refractivity contribution in [3.8, 4) is 11.1 Å². The summed E-state index contributed by atoms with van der Waals surface area (Å²) in [7, 11) is 0. The largest absolute Gasteiger partial charge is 0.455 e. The predicted molar refractivity (Wildman–Crippen MR) is 452 cm³/mol. The van der Waals surface area contributed by atoms with E-state index in [9.17, 15) is 0 Å². The Morgan fingerprint density at radius 2 is 0.630 bits per heavy atom. The molecule has 0 aliphatic heterocycles. The maximum atomic E-state index is 7.87. The molecule has 0 radical (unpaired) electrons. The molecule has 1 unspecified atom stereocenters. The van der Waals surface area contributed by atoms with Gasteiger partial charge in [0.2, 0.25) is 0 Å². The van der Waals surface area contributed by atoms with Gasteiger partial charge < -0.3 is 32.4 Å². The number of rotatable bonds is 11. The SMILES string of the molecule is Cc1cccc(N(c2cccc3c2oc2c(C)cccc23)c2cc3c(c4c2oc2ccccc24)-c2c(cc(N(c4cccc(C)c4)c4cccc5c4oc4c(C)cccc45)c4c2oc2ccccc24)C3(c2ccc(N(c3ccc(C(C)(C)C)cc3)c3ccc(C(C)(C)C)cc3)cc2)c2ccc(C(C)(C)C)cc2)c1. The zero-order chi connectivity index (χ0) is 74.0. The van der Waals surface area contributed by atoms with Crippen molar-refractivity contribution in [1.29, 1.82) is 0 Å². The normalized spacial score (nSPS) is 14.0. The van der Waals surface area contributed by atoms with Gasteiger partial charge in [0, 0.05) is 77.3 Å². The Hall–Kier alpha value is -12.3. The van der Waals surface area contributed by atoms with Crippen molar-refractivity contribution in [3.05, 3.63) is 340 Å². The van der Waals surface area contributed by atoms with Crippen molar-refractivity contribution >= 4 is 139 Å². The highest BCUT2D eigenvalue weighted by Crippen LogP contribution is 2.65. The van der Waals surface area contributed by atoms with E-state index in [1.807, 2.05) is 0 Å². The van der Waals surface area contributed by atoms with Crippen LogP contribution in [0.25, 0.3) is 98.9 Å². The highest BCUT2D eigenvalue weighted by molar-refractivity contribution is 6.27. The molecule has 4 aromatic heterocycles. The maximum absolute atomic E-state index is 7.87. The van der Waals surface area contributed by atoms with Gasteiger partial charge in [0.15, 0.2) is 16.7 Å². The van der Waals surface area contributed by atoms with Crippen LogP contribution >= 0.6 is 0 Å². The summed E-state index contributed by atoms with van der Waals surface area (Å²) in [5.74, 6) is 0. The van der Waals surface area contributed by atoms with E-state index in [1.54, 1.807) is 0 Å². The van der Waals surface area contributed by atoms with Gasteiger partial charge in [0.25, 0.3) is 0 Å². The Bertz CT molecular complexity index is 6600. The first-order valence-corrected chi connectivity index (χ1v) is 37.9. The molecule has 7 nitrogen and oxygen atoms in total. The molecule has 1 aliphatic carbocycles. The van der Waals surface area contributed by atoms with Crippen LogP contribution in [-0.2, 0) is 21.7 Å². The van der Waals surface area contributed by atoms with E-state index >= 15 is 0 Å². The van der Waals surface area contributed by atoms with Crippen molar-refractivity contribution < 1.29 is 17.7 Å². The fraction of sp³-hybridized carbons (Fsp3) is 0.168. The topological polar surface area (TPSA) is 62.3 Å². The summed E-state index contributed by atoms with van der Waals surface area (Å²) >= 11 is 0. The van der Waals surface area contributed by atoms with Crippen LogP contribution in [0.4, 0.5) is 51.2 Å². The standard InChI is InChI=1S/C101H85N3O4/c1-60-24-18-28-72(56-60)103(82-36-22-34-76-74-32-20-26-62(3)92(74)107-94(76)82)84-58-81-91(97-88(84)78-30-14-16-38-86(78)106-97)90-80(59-85(96-89(90)79-31-15-17-39-87(79)105-96)104(73-29-19-25-61(2)57-73)83-37-23-35-77-75-33-21-27-63(4)93(75)108-95(77)83)101(81,67-42-40-64(41-43-67)98(5,6)7)68-48-54-71(55-49-68)102(69-50-44-65(45-51-69)99(8,9)10)70-52-46-66(47-53-70)100(11,12)13/h14-59H,1-13H3. The molecule has 0 N–H and O–H groups in total. The third kappa shape index (κ3) is 10.3. The van der Waals surface area contributed by atoms with Crippen LogP contribution in [0, 0.1) is 27.7 Å². The minimum Gasteiger partial charge on any atom is -0.455 e. The lowest BCUT2D eigenvalue weighted by atomic mass is 9.67. The van der Waals surface area contributed by atoms with Gasteiger partial charge in [0.05, 0.1) is 33.6 Å².